The third-order valence-corrected chi connectivity index (χ3v) is 2.83. The molecular formula is C5H11NO4S. The summed E-state index contributed by atoms with van der Waals surface area (Å²) < 4.78 is 21.6. The summed E-state index contributed by atoms with van der Waals surface area (Å²) in [5.74, 6) is 0. The summed E-state index contributed by atoms with van der Waals surface area (Å²) in [6.45, 7) is 0.774. The summed E-state index contributed by atoms with van der Waals surface area (Å²) in [6, 6.07) is 0. The summed E-state index contributed by atoms with van der Waals surface area (Å²) in [7, 11) is -3.37. The number of sulfone groups is 1. The Hall–Kier alpha value is -0.620. The lowest BCUT2D eigenvalue weighted by Crippen LogP contribution is -2.31. The highest BCUT2D eigenvalue weighted by Gasteiger charge is 2.22. The molecule has 0 aromatic rings. The van der Waals surface area contributed by atoms with E-state index < -0.39 is 21.7 Å². The quantitative estimate of drug-likeness (QED) is 0.340. The number of oxime groups is 1. The summed E-state index contributed by atoms with van der Waals surface area (Å²) >= 11 is 0. The second-order valence-corrected chi connectivity index (χ2v) is 4.47. The van der Waals surface area contributed by atoms with E-state index in [9.17, 15) is 8.42 Å². The molecule has 0 aromatic heterocycles. The van der Waals surface area contributed by atoms with Gasteiger partial charge in [0.2, 0.25) is 0 Å². The van der Waals surface area contributed by atoms with E-state index >= 15 is 0 Å². The predicted octanol–water partition coefficient (Wildman–Crippen LogP) is -0.758. The Morgan fingerprint density at radius 1 is 1.64 bits per heavy atom. The molecule has 0 aromatic carbocycles. The Balaban J connectivity index is 4.71. The Kier molecular flexibility index (Phi) is 3.47. The molecule has 0 radical (unpaired) electrons. The maximum Gasteiger partial charge on any atom is 0.158 e. The van der Waals surface area contributed by atoms with Gasteiger partial charge in [0.1, 0.15) is 5.25 Å². The van der Waals surface area contributed by atoms with Gasteiger partial charge < -0.3 is 10.3 Å². The topological polar surface area (TPSA) is 87.0 Å². The van der Waals surface area contributed by atoms with Crippen LogP contribution in [0.1, 0.15) is 6.92 Å². The van der Waals surface area contributed by atoms with Crippen LogP contribution in [0.2, 0.25) is 0 Å². The second kappa shape index (κ2) is 3.68. The summed E-state index contributed by atoms with van der Waals surface area (Å²) in [5, 5.41) is 18.4. The van der Waals surface area contributed by atoms with Gasteiger partial charge >= 0.3 is 0 Å². The molecule has 0 fully saturated rings. The zero-order valence-corrected chi connectivity index (χ0v) is 7.17. The van der Waals surface area contributed by atoms with Crippen LogP contribution < -0.4 is 0 Å². The van der Waals surface area contributed by atoms with Gasteiger partial charge in [-0.3, -0.25) is 0 Å². The smallest absolute Gasteiger partial charge is 0.158 e. The fourth-order valence-corrected chi connectivity index (χ4v) is 1.58. The van der Waals surface area contributed by atoms with Crippen molar-refractivity contribution >= 4 is 15.5 Å². The SMILES string of the molecule is C/C(=N/O)[C@H](CO)S(C)(=O)=O. The standard InChI is InChI=1S/C5H11NO4S/c1-4(6-8)5(3-7)11(2,9)10/h5,7-8H,3H2,1-2H3/b6-4-/t5-/m0/s1. The van der Waals surface area contributed by atoms with Gasteiger partial charge in [-0.15, -0.1) is 0 Å². The lowest BCUT2D eigenvalue weighted by atomic mass is 10.3. The van der Waals surface area contributed by atoms with Crippen LogP contribution >= 0.6 is 0 Å². The van der Waals surface area contributed by atoms with Crippen molar-refractivity contribution in [2.75, 3.05) is 12.9 Å². The van der Waals surface area contributed by atoms with E-state index in [2.05, 4.69) is 5.16 Å². The molecular weight excluding hydrogens is 170 g/mol. The van der Waals surface area contributed by atoms with Crippen LogP contribution in [-0.4, -0.2) is 42.6 Å². The van der Waals surface area contributed by atoms with Crippen molar-refractivity contribution in [3.05, 3.63) is 0 Å². The molecule has 0 amide bonds. The fourth-order valence-electron chi connectivity index (χ4n) is 0.642. The molecule has 0 saturated heterocycles. The highest BCUT2D eigenvalue weighted by atomic mass is 32.2. The number of nitrogens with zero attached hydrogens (tertiary/aromatic N) is 1. The van der Waals surface area contributed by atoms with Crippen LogP contribution in [0.15, 0.2) is 5.16 Å². The largest absolute Gasteiger partial charge is 0.411 e. The molecule has 0 rings (SSSR count). The number of aliphatic hydroxyl groups excluding tert-OH is 1. The van der Waals surface area contributed by atoms with Crippen LogP contribution in [0.5, 0.6) is 0 Å². The van der Waals surface area contributed by atoms with Crippen molar-refractivity contribution in [2.24, 2.45) is 5.16 Å². The third kappa shape index (κ3) is 2.85. The monoisotopic (exact) mass is 181 g/mol. The Morgan fingerprint density at radius 2 is 2.09 bits per heavy atom. The molecule has 0 aliphatic rings. The van der Waals surface area contributed by atoms with E-state index in [4.69, 9.17) is 10.3 Å². The molecule has 6 heteroatoms. The minimum Gasteiger partial charge on any atom is -0.411 e. The normalized spacial score (nSPS) is 16.5. The molecule has 0 bridgehead atoms. The maximum atomic E-state index is 10.8. The molecule has 1 atom stereocenters. The van der Waals surface area contributed by atoms with Gasteiger partial charge in [0.25, 0.3) is 0 Å². The van der Waals surface area contributed by atoms with Gasteiger partial charge in [0.05, 0.1) is 12.3 Å². The summed E-state index contributed by atoms with van der Waals surface area (Å²) in [6.07, 6.45) is 0.975. The first kappa shape index (κ1) is 10.4. The lowest BCUT2D eigenvalue weighted by Gasteiger charge is -2.08. The van der Waals surface area contributed by atoms with Crippen LogP contribution in [0.25, 0.3) is 0 Å². The van der Waals surface area contributed by atoms with Gasteiger partial charge in [-0.25, -0.2) is 8.42 Å². The molecule has 11 heavy (non-hydrogen) atoms. The van der Waals surface area contributed by atoms with Crippen molar-refractivity contribution in [3.8, 4) is 0 Å². The van der Waals surface area contributed by atoms with Crippen molar-refractivity contribution < 1.29 is 18.7 Å². The fraction of sp³-hybridized carbons (Fsp3) is 0.800. The Morgan fingerprint density at radius 3 is 2.18 bits per heavy atom. The van der Waals surface area contributed by atoms with E-state index in [1.54, 1.807) is 0 Å². The average molecular weight is 181 g/mol. The number of rotatable bonds is 3. The molecule has 5 nitrogen and oxygen atoms in total. The van der Waals surface area contributed by atoms with Gasteiger partial charge in [0.15, 0.2) is 9.84 Å². The van der Waals surface area contributed by atoms with Gasteiger partial charge in [-0.1, -0.05) is 5.16 Å². The molecule has 2 N–H and O–H groups in total. The Labute approximate surface area is 65.3 Å². The first-order valence-electron chi connectivity index (χ1n) is 2.91. The number of hydrogen-bond donors (Lipinski definition) is 2. The van der Waals surface area contributed by atoms with Crippen LogP contribution in [0.4, 0.5) is 0 Å². The second-order valence-electron chi connectivity index (χ2n) is 2.24. The van der Waals surface area contributed by atoms with Gasteiger partial charge in [0, 0.05) is 6.26 Å². The highest BCUT2D eigenvalue weighted by Crippen LogP contribution is 2.00. The Bertz CT molecular complexity index is 243. The minimum absolute atomic E-state index is 0.00463. The molecule has 66 valence electrons. The summed E-state index contributed by atoms with van der Waals surface area (Å²) in [4.78, 5) is 0. The molecule has 0 heterocycles. The van der Waals surface area contributed by atoms with E-state index in [1.165, 1.54) is 6.92 Å². The molecule has 0 spiro atoms. The first-order chi connectivity index (χ1) is 4.93. The van der Waals surface area contributed by atoms with E-state index in [1.807, 2.05) is 0 Å². The zero-order valence-electron chi connectivity index (χ0n) is 6.35. The van der Waals surface area contributed by atoms with E-state index in [0.717, 1.165) is 6.26 Å². The summed E-state index contributed by atoms with van der Waals surface area (Å²) in [5.41, 5.74) is -0.00463. The molecule has 0 aliphatic heterocycles. The van der Waals surface area contributed by atoms with Crippen molar-refractivity contribution in [2.45, 2.75) is 12.2 Å². The number of hydrogen-bond acceptors (Lipinski definition) is 5. The van der Waals surface area contributed by atoms with Crippen LogP contribution in [-0.2, 0) is 9.84 Å². The van der Waals surface area contributed by atoms with E-state index in [0.29, 0.717) is 0 Å². The van der Waals surface area contributed by atoms with E-state index in [-0.39, 0.29) is 5.71 Å². The van der Waals surface area contributed by atoms with Gasteiger partial charge in [-0.2, -0.15) is 0 Å². The van der Waals surface area contributed by atoms with Crippen LogP contribution in [0, 0.1) is 0 Å². The third-order valence-electron chi connectivity index (χ3n) is 1.31. The number of aliphatic hydroxyl groups is 1. The lowest BCUT2D eigenvalue weighted by molar-refractivity contribution is 0.295. The minimum atomic E-state index is -3.37. The van der Waals surface area contributed by atoms with Crippen LogP contribution in [0.3, 0.4) is 0 Å². The maximum absolute atomic E-state index is 10.8. The average Bonchev–Trinajstić information content (AvgIpc) is 1.86. The van der Waals surface area contributed by atoms with Crippen molar-refractivity contribution in [3.63, 3.8) is 0 Å². The predicted molar refractivity (Wildman–Crippen MR) is 40.6 cm³/mol. The molecule has 0 unspecified atom stereocenters. The zero-order chi connectivity index (χ0) is 9.07. The first-order valence-corrected chi connectivity index (χ1v) is 4.87. The molecule has 0 aliphatic carbocycles. The van der Waals surface area contributed by atoms with Crippen molar-refractivity contribution in [1.82, 2.24) is 0 Å². The van der Waals surface area contributed by atoms with Gasteiger partial charge in [-0.05, 0) is 6.92 Å². The highest BCUT2D eigenvalue weighted by molar-refractivity contribution is 7.92. The van der Waals surface area contributed by atoms with Crippen molar-refractivity contribution in [1.29, 1.82) is 0 Å². The molecule has 0 saturated carbocycles.